The topological polar surface area (TPSA) is 81.9 Å². The van der Waals surface area contributed by atoms with Gasteiger partial charge in [-0.15, -0.1) is 0 Å². The Bertz CT molecular complexity index is 531. The van der Waals surface area contributed by atoms with Crippen LogP contribution in [0.25, 0.3) is 0 Å². The lowest BCUT2D eigenvalue weighted by Gasteiger charge is -2.21. The number of nitrogen functional groups attached to an aromatic ring is 1. The summed E-state index contributed by atoms with van der Waals surface area (Å²) in [6.45, 7) is 7.38. The average Bonchev–Trinajstić information content (AvgIpc) is 2.54. The lowest BCUT2D eigenvalue weighted by molar-refractivity contribution is -0.143. The monoisotopic (exact) mass is 322 g/mol. The van der Waals surface area contributed by atoms with Crippen molar-refractivity contribution >= 4 is 17.6 Å². The van der Waals surface area contributed by atoms with E-state index in [2.05, 4.69) is 0 Å². The van der Waals surface area contributed by atoms with Gasteiger partial charge in [-0.2, -0.15) is 0 Å². The Balaban J connectivity index is 2.73. The van der Waals surface area contributed by atoms with Crippen LogP contribution in [0.3, 0.4) is 0 Å². The molecule has 1 aromatic rings. The summed E-state index contributed by atoms with van der Waals surface area (Å²) in [5.41, 5.74) is 6.85. The van der Waals surface area contributed by atoms with Gasteiger partial charge < -0.3 is 20.1 Å². The second-order valence-corrected chi connectivity index (χ2v) is 5.04. The number of rotatable bonds is 9. The fourth-order valence-corrected chi connectivity index (χ4v) is 2.07. The Labute approximate surface area is 137 Å². The molecule has 0 heterocycles. The van der Waals surface area contributed by atoms with Crippen LogP contribution in [0, 0.1) is 0 Å². The second-order valence-electron chi connectivity index (χ2n) is 5.04. The van der Waals surface area contributed by atoms with Crippen molar-refractivity contribution in [3.8, 4) is 5.75 Å². The van der Waals surface area contributed by atoms with Crippen LogP contribution in [-0.2, 0) is 9.53 Å². The highest BCUT2D eigenvalue weighted by Crippen LogP contribution is 2.23. The predicted molar refractivity (Wildman–Crippen MR) is 89.5 cm³/mol. The van der Waals surface area contributed by atoms with E-state index in [1.54, 1.807) is 30.0 Å². The van der Waals surface area contributed by atoms with Gasteiger partial charge in [0.25, 0.3) is 5.91 Å². The molecule has 0 aliphatic carbocycles. The molecule has 0 aliphatic rings. The van der Waals surface area contributed by atoms with Crippen LogP contribution in [0.1, 0.15) is 44.0 Å². The number of esters is 1. The Morgan fingerprint density at radius 3 is 2.52 bits per heavy atom. The number of anilines is 1. The van der Waals surface area contributed by atoms with E-state index in [1.807, 2.05) is 13.8 Å². The molecule has 0 aliphatic heterocycles. The van der Waals surface area contributed by atoms with Crippen molar-refractivity contribution in [1.82, 2.24) is 4.90 Å². The number of amides is 1. The van der Waals surface area contributed by atoms with Crippen molar-refractivity contribution in [3.05, 3.63) is 23.8 Å². The maximum atomic E-state index is 12.5. The molecular weight excluding hydrogens is 296 g/mol. The lowest BCUT2D eigenvalue weighted by Crippen LogP contribution is -2.33. The molecule has 0 unspecified atom stereocenters. The molecule has 6 heteroatoms. The summed E-state index contributed by atoms with van der Waals surface area (Å²) in [6.07, 6.45) is 1.07. The number of benzene rings is 1. The molecule has 0 bridgehead atoms. The molecule has 0 saturated heterocycles. The third-order valence-electron chi connectivity index (χ3n) is 3.28. The number of nitrogens with zero attached hydrogens (tertiary/aromatic N) is 1. The van der Waals surface area contributed by atoms with Crippen molar-refractivity contribution in [3.63, 3.8) is 0 Å². The zero-order valence-electron chi connectivity index (χ0n) is 14.1. The molecule has 0 radical (unpaired) electrons. The molecule has 0 fully saturated rings. The summed E-state index contributed by atoms with van der Waals surface area (Å²) in [5, 5.41) is 0. The number of nitrogens with two attached hydrogens (primary N) is 1. The van der Waals surface area contributed by atoms with E-state index in [1.165, 1.54) is 0 Å². The predicted octanol–water partition coefficient (Wildman–Crippen LogP) is 2.47. The Morgan fingerprint density at radius 2 is 1.96 bits per heavy atom. The van der Waals surface area contributed by atoms with Gasteiger partial charge in [0.1, 0.15) is 5.75 Å². The summed E-state index contributed by atoms with van der Waals surface area (Å²) in [4.78, 5) is 25.5. The van der Waals surface area contributed by atoms with E-state index >= 15 is 0 Å². The fraction of sp³-hybridized carbons (Fsp3) is 0.529. The number of ether oxygens (including phenoxy) is 2. The van der Waals surface area contributed by atoms with Crippen LogP contribution in [0.5, 0.6) is 5.75 Å². The maximum Gasteiger partial charge on any atom is 0.307 e. The minimum Gasteiger partial charge on any atom is -0.491 e. The first kappa shape index (κ1) is 18.8. The molecule has 1 amide bonds. The van der Waals surface area contributed by atoms with Gasteiger partial charge in [0.2, 0.25) is 0 Å². The van der Waals surface area contributed by atoms with Gasteiger partial charge in [0.15, 0.2) is 0 Å². The SMILES string of the molecule is CCCOc1ccc(C(=O)N(CC)CCC(=O)OCC)cc1N. The van der Waals surface area contributed by atoms with E-state index in [4.69, 9.17) is 15.2 Å². The van der Waals surface area contributed by atoms with Crippen molar-refractivity contribution in [1.29, 1.82) is 0 Å². The first-order valence-corrected chi connectivity index (χ1v) is 8.00. The Morgan fingerprint density at radius 1 is 1.22 bits per heavy atom. The third-order valence-corrected chi connectivity index (χ3v) is 3.28. The van der Waals surface area contributed by atoms with E-state index in [0.717, 1.165) is 6.42 Å². The number of carbonyl (C=O) groups is 2. The molecular formula is C17H26N2O4. The Hall–Kier alpha value is -2.24. The lowest BCUT2D eigenvalue weighted by atomic mass is 10.1. The highest BCUT2D eigenvalue weighted by atomic mass is 16.5. The van der Waals surface area contributed by atoms with Crippen molar-refractivity contribution in [2.45, 2.75) is 33.6 Å². The quantitative estimate of drug-likeness (QED) is 0.558. The zero-order valence-corrected chi connectivity index (χ0v) is 14.1. The molecule has 0 aromatic heterocycles. The van der Waals surface area contributed by atoms with Crippen LogP contribution < -0.4 is 10.5 Å². The molecule has 1 rings (SSSR count). The van der Waals surface area contributed by atoms with Gasteiger partial charge in [-0.25, -0.2) is 0 Å². The molecule has 128 valence electrons. The molecule has 2 N–H and O–H groups in total. The van der Waals surface area contributed by atoms with Gasteiger partial charge in [0, 0.05) is 18.7 Å². The average molecular weight is 322 g/mol. The van der Waals surface area contributed by atoms with Gasteiger partial charge in [-0.1, -0.05) is 6.92 Å². The normalized spacial score (nSPS) is 10.2. The van der Waals surface area contributed by atoms with Gasteiger partial charge >= 0.3 is 5.97 Å². The fourth-order valence-electron chi connectivity index (χ4n) is 2.07. The van der Waals surface area contributed by atoms with E-state index < -0.39 is 0 Å². The van der Waals surface area contributed by atoms with Crippen molar-refractivity contribution in [2.24, 2.45) is 0 Å². The van der Waals surface area contributed by atoms with E-state index in [0.29, 0.717) is 43.3 Å². The van der Waals surface area contributed by atoms with Crippen LogP contribution in [0.2, 0.25) is 0 Å². The first-order chi connectivity index (χ1) is 11.0. The summed E-state index contributed by atoms with van der Waals surface area (Å²) < 4.78 is 10.4. The smallest absolute Gasteiger partial charge is 0.307 e. The number of carbonyl (C=O) groups excluding carboxylic acids is 2. The summed E-state index contributed by atoms with van der Waals surface area (Å²) in [7, 11) is 0. The maximum absolute atomic E-state index is 12.5. The minimum absolute atomic E-state index is 0.162. The summed E-state index contributed by atoms with van der Waals surface area (Å²) in [5.74, 6) is 0.116. The van der Waals surface area contributed by atoms with E-state index in [9.17, 15) is 9.59 Å². The van der Waals surface area contributed by atoms with Crippen molar-refractivity contribution < 1.29 is 19.1 Å². The Kier molecular flexibility index (Phi) is 7.94. The molecule has 6 nitrogen and oxygen atoms in total. The van der Waals surface area contributed by atoms with Crippen LogP contribution in [0.4, 0.5) is 5.69 Å². The molecule has 0 saturated carbocycles. The molecule has 1 aromatic carbocycles. The summed E-state index contributed by atoms with van der Waals surface area (Å²) in [6, 6.07) is 5.01. The van der Waals surface area contributed by atoms with Crippen LogP contribution >= 0.6 is 0 Å². The highest BCUT2D eigenvalue weighted by Gasteiger charge is 2.17. The van der Waals surface area contributed by atoms with Gasteiger partial charge in [-0.3, -0.25) is 9.59 Å². The first-order valence-electron chi connectivity index (χ1n) is 8.00. The largest absolute Gasteiger partial charge is 0.491 e. The summed E-state index contributed by atoms with van der Waals surface area (Å²) >= 11 is 0. The molecule has 23 heavy (non-hydrogen) atoms. The van der Waals surface area contributed by atoms with Gasteiger partial charge in [-0.05, 0) is 38.5 Å². The number of hydrogen-bond donors (Lipinski definition) is 1. The van der Waals surface area contributed by atoms with Crippen LogP contribution in [-0.4, -0.2) is 43.1 Å². The van der Waals surface area contributed by atoms with Crippen LogP contribution in [0.15, 0.2) is 18.2 Å². The van der Waals surface area contributed by atoms with E-state index in [-0.39, 0.29) is 18.3 Å². The van der Waals surface area contributed by atoms with Crippen molar-refractivity contribution in [2.75, 3.05) is 32.0 Å². The standard InChI is InChI=1S/C17H26N2O4/c1-4-11-23-15-8-7-13(12-14(15)18)17(21)19(5-2)10-9-16(20)22-6-3/h7-8,12H,4-6,9-11,18H2,1-3H3. The minimum atomic E-state index is -0.304. The highest BCUT2D eigenvalue weighted by molar-refractivity contribution is 5.95. The number of hydrogen-bond acceptors (Lipinski definition) is 5. The molecule has 0 atom stereocenters. The molecule has 0 spiro atoms. The zero-order chi connectivity index (χ0) is 17.2. The second kappa shape index (κ2) is 9.71. The third kappa shape index (κ3) is 5.81. The van der Waals surface area contributed by atoms with Gasteiger partial charge in [0.05, 0.1) is 25.3 Å².